The van der Waals surface area contributed by atoms with Gasteiger partial charge in [-0.3, -0.25) is 10.1 Å². The maximum Gasteiger partial charge on any atom is 0.289 e. The molecule has 0 saturated carbocycles. The van der Waals surface area contributed by atoms with Crippen LogP contribution in [0.3, 0.4) is 0 Å². The van der Waals surface area contributed by atoms with Gasteiger partial charge in [0, 0.05) is 12.1 Å². The van der Waals surface area contributed by atoms with Crippen LogP contribution in [0.5, 0.6) is 0 Å². The third-order valence-corrected chi connectivity index (χ3v) is 4.00. The first-order valence-corrected chi connectivity index (χ1v) is 6.73. The predicted molar refractivity (Wildman–Crippen MR) is 68.1 cm³/mol. The van der Waals surface area contributed by atoms with Crippen LogP contribution in [0.1, 0.15) is 6.92 Å². The van der Waals surface area contributed by atoms with E-state index >= 15 is 0 Å². The molecule has 0 amide bonds. The number of sulfonamides is 1. The molecule has 18 heavy (non-hydrogen) atoms. The molecule has 0 heterocycles. The minimum absolute atomic E-state index is 0.115. The molecule has 0 aromatic heterocycles. The summed E-state index contributed by atoms with van der Waals surface area (Å²) in [5, 5.41) is 10.6. The van der Waals surface area contributed by atoms with E-state index < -0.39 is 26.7 Å². The molecular weight excluding hydrogens is 280 g/mol. The number of rotatable bonds is 5. The Morgan fingerprint density at radius 3 is 2.67 bits per heavy atom. The number of halogens is 1. The van der Waals surface area contributed by atoms with Crippen LogP contribution in [0.25, 0.3) is 0 Å². The second-order valence-electron chi connectivity index (χ2n) is 3.52. The van der Waals surface area contributed by atoms with E-state index in [1.165, 1.54) is 18.2 Å². The molecule has 98 valence electrons. The number of nitro benzene ring substituents is 1. The van der Waals surface area contributed by atoms with Crippen molar-refractivity contribution >= 4 is 27.3 Å². The van der Waals surface area contributed by atoms with Crippen molar-refractivity contribution in [3.05, 3.63) is 46.0 Å². The molecular formula is C10H11ClN2O4S. The van der Waals surface area contributed by atoms with E-state index in [0.717, 1.165) is 6.07 Å². The summed E-state index contributed by atoms with van der Waals surface area (Å²) in [5.74, 6) is 0. The highest BCUT2D eigenvalue weighted by Gasteiger charge is 2.21. The summed E-state index contributed by atoms with van der Waals surface area (Å²) in [7, 11) is -3.83. The zero-order valence-electron chi connectivity index (χ0n) is 9.46. The summed E-state index contributed by atoms with van der Waals surface area (Å²) in [6, 6.07) is 2.81. The highest BCUT2D eigenvalue weighted by molar-refractivity contribution is 7.89. The van der Waals surface area contributed by atoms with E-state index in [9.17, 15) is 18.5 Å². The topological polar surface area (TPSA) is 89.3 Å². The first kappa shape index (κ1) is 14.6. The Hall–Kier alpha value is -1.44. The van der Waals surface area contributed by atoms with Crippen LogP contribution in [-0.4, -0.2) is 19.4 Å². The Morgan fingerprint density at radius 1 is 1.56 bits per heavy atom. The molecule has 6 nitrogen and oxygen atoms in total. The molecule has 0 fully saturated rings. The molecule has 1 aromatic rings. The Labute approximate surface area is 109 Å². The van der Waals surface area contributed by atoms with Crippen molar-refractivity contribution in [2.75, 3.05) is 0 Å². The van der Waals surface area contributed by atoms with E-state index in [2.05, 4.69) is 11.3 Å². The summed E-state index contributed by atoms with van der Waals surface area (Å²) in [6.45, 7) is 5.03. The molecule has 0 saturated heterocycles. The van der Waals surface area contributed by atoms with Gasteiger partial charge in [-0.15, -0.1) is 6.58 Å². The van der Waals surface area contributed by atoms with Crippen LogP contribution >= 0.6 is 11.6 Å². The zero-order chi connectivity index (χ0) is 13.9. The summed E-state index contributed by atoms with van der Waals surface area (Å²) < 4.78 is 26.0. The van der Waals surface area contributed by atoms with Crippen LogP contribution in [0.15, 0.2) is 35.7 Å². The fraction of sp³-hybridized carbons (Fsp3) is 0.200. The first-order valence-electron chi connectivity index (χ1n) is 4.86. The number of hydrogen-bond acceptors (Lipinski definition) is 4. The number of hydrogen-bond donors (Lipinski definition) is 1. The fourth-order valence-electron chi connectivity index (χ4n) is 1.16. The lowest BCUT2D eigenvalue weighted by atomic mass is 10.3. The van der Waals surface area contributed by atoms with Crippen molar-refractivity contribution in [3.8, 4) is 0 Å². The average molecular weight is 291 g/mol. The zero-order valence-corrected chi connectivity index (χ0v) is 11.0. The van der Waals surface area contributed by atoms with Crippen molar-refractivity contribution in [1.82, 2.24) is 4.72 Å². The van der Waals surface area contributed by atoms with Crippen molar-refractivity contribution in [1.29, 1.82) is 0 Å². The lowest BCUT2D eigenvalue weighted by molar-refractivity contribution is -0.384. The smallest absolute Gasteiger partial charge is 0.258 e. The van der Waals surface area contributed by atoms with Gasteiger partial charge in [0.25, 0.3) is 5.69 Å². The van der Waals surface area contributed by atoms with Gasteiger partial charge in [-0.2, -0.15) is 0 Å². The minimum atomic E-state index is -3.83. The van der Waals surface area contributed by atoms with Gasteiger partial charge in [0.1, 0.15) is 5.02 Å². The molecule has 0 aliphatic carbocycles. The van der Waals surface area contributed by atoms with Gasteiger partial charge in [0.05, 0.1) is 9.82 Å². The van der Waals surface area contributed by atoms with E-state index in [1.54, 1.807) is 6.92 Å². The van der Waals surface area contributed by atoms with E-state index in [0.29, 0.717) is 0 Å². The molecule has 8 heteroatoms. The molecule has 1 N–H and O–H groups in total. The highest BCUT2D eigenvalue weighted by Crippen LogP contribution is 2.27. The van der Waals surface area contributed by atoms with Gasteiger partial charge in [0.2, 0.25) is 10.0 Å². The van der Waals surface area contributed by atoms with E-state index in [1.807, 2.05) is 0 Å². The van der Waals surface area contributed by atoms with Gasteiger partial charge in [-0.1, -0.05) is 17.7 Å². The number of nitrogens with one attached hydrogen (secondary N) is 1. The molecule has 1 atom stereocenters. The summed E-state index contributed by atoms with van der Waals surface area (Å²) in [5.41, 5.74) is -0.453. The summed E-state index contributed by atoms with van der Waals surface area (Å²) in [6.07, 6.45) is 1.40. The maximum atomic E-state index is 11.9. The summed E-state index contributed by atoms with van der Waals surface area (Å²) >= 11 is 5.60. The van der Waals surface area contributed by atoms with E-state index in [-0.39, 0.29) is 9.92 Å². The minimum Gasteiger partial charge on any atom is -0.258 e. The van der Waals surface area contributed by atoms with Gasteiger partial charge in [-0.25, -0.2) is 13.1 Å². The number of nitro groups is 1. The molecule has 0 bridgehead atoms. The van der Waals surface area contributed by atoms with Crippen molar-refractivity contribution in [2.24, 2.45) is 0 Å². The second kappa shape index (κ2) is 5.47. The van der Waals surface area contributed by atoms with Crippen molar-refractivity contribution in [3.63, 3.8) is 0 Å². The lowest BCUT2D eigenvalue weighted by Gasteiger charge is -2.10. The molecule has 0 aliphatic heterocycles. The Bertz CT molecular complexity index is 586. The number of nitrogens with zero attached hydrogens (tertiary/aromatic N) is 1. The molecule has 1 rings (SSSR count). The van der Waals surface area contributed by atoms with Gasteiger partial charge in [-0.05, 0) is 19.1 Å². The largest absolute Gasteiger partial charge is 0.289 e. The van der Waals surface area contributed by atoms with Gasteiger partial charge in [0.15, 0.2) is 0 Å². The lowest BCUT2D eigenvalue weighted by Crippen LogP contribution is -2.30. The first-order chi connectivity index (χ1) is 8.27. The number of benzene rings is 1. The molecule has 1 unspecified atom stereocenters. The Kier molecular flexibility index (Phi) is 4.44. The van der Waals surface area contributed by atoms with Gasteiger partial charge < -0.3 is 0 Å². The third-order valence-electron chi connectivity index (χ3n) is 2.12. The van der Waals surface area contributed by atoms with Crippen LogP contribution in [0.4, 0.5) is 5.69 Å². The SMILES string of the molecule is C=CC(C)NS(=O)(=O)c1ccc(Cl)c([N+](=O)[O-])c1. The van der Waals surface area contributed by atoms with E-state index in [4.69, 9.17) is 11.6 Å². The van der Waals surface area contributed by atoms with Gasteiger partial charge >= 0.3 is 0 Å². The standard InChI is InChI=1S/C10H11ClN2O4S/c1-3-7(2)12-18(16,17)8-4-5-9(11)10(6-8)13(14)15/h3-7,12H,1H2,2H3. The maximum absolute atomic E-state index is 11.9. The quantitative estimate of drug-likeness (QED) is 0.511. The van der Waals surface area contributed by atoms with Crippen LogP contribution in [-0.2, 0) is 10.0 Å². The van der Waals surface area contributed by atoms with Crippen LogP contribution in [0.2, 0.25) is 5.02 Å². The average Bonchev–Trinajstić information content (AvgIpc) is 2.28. The normalized spacial score (nSPS) is 13.0. The highest BCUT2D eigenvalue weighted by atomic mass is 35.5. The van der Waals surface area contributed by atoms with Crippen LogP contribution in [0, 0.1) is 10.1 Å². The summed E-state index contributed by atoms with van der Waals surface area (Å²) in [4.78, 5) is 9.72. The molecule has 1 aromatic carbocycles. The monoisotopic (exact) mass is 290 g/mol. The molecule has 0 aliphatic rings. The fourth-order valence-corrected chi connectivity index (χ4v) is 2.58. The predicted octanol–water partition coefficient (Wildman–Crippen LogP) is 2.10. The molecule has 0 radical (unpaired) electrons. The molecule has 0 spiro atoms. The Balaban J connectivity index is 3.22. The third kappa shape index (κ3) is 3.28. The van der Waals surface area contributed by atoms with Crippen molar-refractivity contribution < 1.29 is 13.3 Å². The Morgan fingerprint density at radius 2 is 2.17 bits per heavy atom. The van der Waals surface area contributed by atoms with Crippen molar-refractivity contribution in [2.45, 2.75) is 17.9 Å². The second-order valence-corrected chi connectivity index (χ2v) is 5.64. The van der Waals surface area contributed by atoms with Crippen LogP contribution < -0.4 is 4.72 Å².